The number of fused-ring (bicyclic) bond motifs is 2. The molecule has 0 unspecified atom stereocenters. The van der Waals surface area contributed by atoms with Crippen LogP contribution in [-0.2, 0) is 13.0 Å². The predicted molar refractivity (Wildman–Crippen MR) is 133 cm³/mol. The van der Waals surface area contributed by atoms with Gasteiger partial charge in [-0.05, 0) is 60.7 Å². The summed E-state index contributed by atoms with van der Waals surface area (Å²) in [5, 5.41) is 0.542. The van der Waals surface area contributed by atoms with E-state index in [1.54, 1.807) is 0 Å². The Balaban J connectivity index is 1.50. The van der Waals surface area contributed by atoms with E-state index in [-0.39, 0.29) is 5.43 Å². The van der Waals surface area contributed by atoms with Crippen LogP contribution in [-0.4, -0.2) is 13.2 Å². The lowest BCUT2D eigenvalue weighted by molar-refractivity contribution is 0.297. The van der Waals surface area contributed by atoms with Crippen LogP contribution < -0.4 is 19.6 Å². The van der Waals surface area contributed by atoms with Gasteiger partial charge in [-0.3, -0.25) is 4.79 Å². The average molecular weight is 457 g/mol. The van der Waals surface area contributed by atoms with Gasteiger partial charge in [-0.2, -0.15) is 0 Å². The topological polar surface area (TPSA) is 57.9 Å². The lowest BCUT2D eigenvalue weighted by Gasteiger charge is -2.14. The molecule has 0 saturated heterocycles. The van der Waals surface area contributed by atoms with Crippen LogP contribution in [0.25, 0.3) is 22.1 Å². The molecule has 0 fully saturated rings. The van der Waals surface area contributed by atoms with Gasteiger partial charge < -0.3 is 18.6 Å². The molecule has 0 aliphatic carbocycles. The summed E-state index contributed by atoms with van der Waals surface area (Å²) in [6.45, 7) is 7.89. The van der Waals surface area contributed by atoms with Gasteiger partial charge in [-0.1, -0.05) is 36.8 Å². The lowest BCUT2D eigenvalue weighted by atomic mass is 10.0. The number of hydrogen-bond donors (Lipinski definition) is 0. The quantitative estimate of drug-likeness (QED) is 0.349. The van der Waals surface area contributed by atoms with Crippen LogP contribution in [0.2, 0.25) is 0 Å². The molecule has 5 nitrogen and oxygen atoms in total. The molecule has 0 radical (unpaired) electrons. The van der Waals surface area contributed by atoms with Crippen LogP contribution in [0.15, 0.2) is 64.0 Å². The summed E-state index contributed by atoms with van der Waals surface area (Å²) < 4.78 is 23.6. The standard InChI is InChI=1S/C29H28O5/c1-4-20-13-23-27(15-26(20)33-16-22-12-18(2)6-7-19(22)3)34-17-24(29(23)30)21-8-9-25-28(14-21)32-11-5-10-31-25/h6-9,12-15,17H,4-5,10-11,16H2,1-3H3. The summed E-state index contributed by atoms with van der Waals surface area (Å²) in [4.78, 5) is 13.4. The largest absolute Gasteiger partial charge is 0.490 e. The van der Waals surface area contributed by atoms with Crippen molar-refractivity contribution in [3.63, 3.8) is 0 Å². The van der Waals surface area contributed by atoms with Crippen molar-refractivity contribution in [1.82, 2.24) is 0 Å². The molecule has 5 rings (SSSR count). The van der Waals surface area contributed by atoms with E-state index in [2.05, 4.69) is 39.0 Å². The first-order valence-electron chi connectivity index (χ1n) is 11.7. The molecule has 0 bridgehead atoms. The van der Waals surface area contributed by atoms with Crippen LogP contribution in [0.4, 0.5) is 0 Å². The van der Waals surface area contributed by atoms with Gasteiger partial charge in [0.1, 0.15) is 24.2 Å². The summed E-state index contributed by atoms with van der Waals surface area (Å²) in [5.74, 6) is 2.09. The van der Waals surface area contributed by atoms with Gasteiger partial charge in [0.15, 0.2) is 11.5 Å². The summed E-state index contributed by atoms with van der Waals surface area (Å²) in [5.41, 5.74) is 6.18. The third-order valence-electron chi connectivity index (χ3n) is 6.28. The number of hydrogen-bond acceptors (Lipinski definition) is 5. The van der Waals surface area contributed by atoms with Crippen molar-refractivity contribution in [1.29, 1.82) is 0 Å². The Hall–Kier alpha value is -3.73. The Bertz CT molecular complexity index is 1420. The lowest BCUT2D eigenvalue weighted by Crippen LogP contribution is -2.07. The van der Waals surface area contributed by atoms with Crippen LogP contribution in [0.5, 0.6) is 17.2 Å². The van der Waals surface area contributed by atoms with Gasteiger partial charge in [-0.25, -0.2) is 0 Å². The maximum atomic E-state index is 13.4. The van der Waals surface area contributed by atoms with Crippen molar-refractivity contribution in [3.8, 4) is 28.4 Å². The number of aryl methyl sites for hydroxylation is 3. The molecule has 1 aliphatic heterocycles. The second-order valence-corrected chi connectivity index (χ2v) is 8.72. The molecule has 174 valence electrons. The highest BCUT2D eigenvalue weighted by Crippen LogP contribution is 2.34. The van der Waals surface area contributed by atoms with Gasteiger partial charge in [0, 0.05) is 12.5 Å². The zero-order chi connectivity index (χ0) is 23.7. The highest BCUT2D eigenvalue weighted by atomic mass is 16.5. The van der Waals surface area contributed by atoms with E-state index in [4.69, 9.17) is 18.6 Å². The Morgan fingerprint density at radius 3 is 2.56 bits per heavy atom. The average Bonchev–Trinajstić information content (AvgIpc) is 3.09. The van der Waals surface area contributed by atoms with Crippen molar-refractivity contribution in [2.75, 3.05) is 13.2 Å². The highest BCUT2D eigenvalue weighted by molar-refractivity contribution is 5.84. The van der Waals surface area contributed by atoms with Crippen LogP contribution >= 0.6 is 0 Å². The van der Waals surface area contributed by atoms with Gasteiger partial charge in [0.05, 0.1) is 24.2 Å². The van der Waals surface area contributed by atoms with Crippen molar-refractivity contribution >= 4 is 11.0 Å². The molecule has 0 spiro atoms. The Morgan fingerprint density at radius 2 is 1.74 bits per heavy atom. The van der Waals surface area contributed by atoms with E-state index in [1.807, 2.05) is 30.3 Å². The summed E-state index contributed by atoms with van der Waals surface area (Å²) in [7, 11) is 0. The molecular formula is C29H28O5. The molecule has 1 aliphatic rings. The number of rotatable bonds is 5. The molecule has 0 N–H and O–H groups in total. The van der Waals surface area contributed by atoms with Gasteiger partial charge in [0.2, 0.25) is 5.43 Å². The summed E-state index contributed by atoms with van der Waals surface area (Å²) >= 11 is 0. The van der Waals surface area contributed by atoms with Crippen molar-refractivity contribution in [3.05, 3.63) is 87.3 Å². The maximum Gasteiger partial charge on any atom is 0.200 e. The first kappa shape index (κ1) is 22.1. The third-order valence-corrected chi connectivity index (χ3v) is 6.28. The second kappa shape index (κ2) is 9.26. The number of ether oxygens (including phenoxy) is 3. The fourth-order valence-corrected chi connectivity index (χ4v) is 4.25. The normalized spacial score (nSPS) is 13.0. The van der Waals surface area contributed by atoms with E-state index in [0.717, 1.165) is 35.3 Å². The smallest absolute Gasteiger partial charge is 0.200 e. The first-order chi connectivity index (χ1) is 16.5. The SMILES string of the molecule is CCc1cc2c(=O)c(-c3ccc4c(c3)OCCCO4)coc2cc1OCc1cc(C)ccc1C. The summed E-state index contributed by atoms with van der Waals surface area (Å²) in [6.07, 6.45) is 3.09. The van der Waals surface area contributed by atoms with Crippen molar-refractivity contribution < 1.29 is 18.6 Å². The molecule has 3 aromatic carbocycles. The molecule has 34 heavy (non-hydrogen) atoms. The maximum absolute atomic E-state index is 13.4. The molecule has 0 atom stereocenters. The molecule has 4 aromatic rings. The van der Waals surface area contributed by atoms with Crippen molar-refractivity contribution in [2.45, 2.75) is 40.2 Å². The van der Waals surface area contributed by atoms with Crippen LogP contribution in [0, 0.1) is 13.8 Å². The minimum absolute atomic E-state index is 0.0773. The van der Waals surface area contributed by atoms with Gasteiger partial charge in [-0.15, -0.1) is 0 Å². The monoisotopic (exact) mass is 456 g/mol. The zero-order valence-corrected chi connectivity index (χ0v) is 19.8. The molecule has 0 amide bonds. The van der Waals surface area contributed by atoms with Crippen molar-refractivity contribution in [2.24, 2.45) is 0 Å². The van der Waals surface area contributed by atoms with E-state index < -0.39 is 0 Å². The minimum Gasteiger partial charge on any atom is -0.490 e. The van der Waals surface area contributed by atoms with E-state index in [1.165, 1.54) is 17.4 Å². The van der Waals surface area contributed by atoms with E-state index >= 15 is 0 Å². The zero-order valence-electron chi connectivity index (χ0n) is 19.8. The van der Waals surface area contributed by atoms with E-state index in [9.17, 15) is 4.79 Å². The second-order valence-electron chi connectivity index (χ2n) is 8.72. The Morgan fingerprint density at radius 1 is 0.912 bits per heavy atom. The Kier molecular flexibility index (Phi) is 6.01. The molecule has 1 aromatic heterocycles. The fraction of sp³-hybridized carbons (Fsp3) is 0.276. The van der Waals surface area contributed by atoms with E-state index in [0.29, 0.717) is 47.9 Å². The molecular weight excluding hydrogens is 428 g/mol. The Labute approximate surface area is 198 Å². The fourth-order valence-electron chi connectivity index (χ4n) is 4.25. The first-order valence-corrected chi connectivity index (χ1v) is 11.7. The predicted octanol–water partition coefficient (Wildman–Crippen LogP) is 6.38. The molecule has 0 saturated carbocycles. The summed E-state index contributed by atoms with van der Waals surface area (Å²) in [6, 6.07) is 15.6. The minimum atomic E-state index is -0.0773. The van der Waals surface area contributed by atoms with Gasteiger partial charge >= 0.3 is 0 Å². The molecule has 5 heteroatoms. The highest BCUT2D eigenvalue weighted by Gasteiger charge is 2.16. The molecule has 2 heterocycles. The number of benzene rings is 3. The van der Waals surface area contributed by atoms with Crippen LogP contribution in [0.1, 0.15) is 35.6 Å². The third kappa shape index (κ3) is 4.26. The van der Waals surface area contributed by atoms with Crippen LogP contribution in [0.3, 0.4) is 0 Å². The van der Waals surface area contributed by atoms with Gasteiger partial charge in [0.25, 0.3) is 0 Å².